The van der Waals surface area contributed by atoms with Crippen molar-refractivity contribution in [2.75, 3.05) is 32.8 Å². The Morgan fingerprint density at radius 3 is 2.67 bits per heavy atom. The van der Waals surface area contributed by atoms with Crippen molar-refractivity contribution in [2.45, 2.75) is 36.8 Å². The van der Waals surface area contributed by atoms with Gasteiger partial charge in [0.1, 0.15) is 23.2 Å². The molecule has 3 atom stereocenters. The minimum Gasteiger partial charge on any atom is -0.507 e. The molecule has 1 aromatic carbocycles. The third-order valence-corrected chi connectivity index (χ3v) is 5.91. The lowest BCUT2D eigenvalue weighted by Gasteiger charge is -2.40. The second kappa shape index (κ2) is 8.42. The highest BCUT2D eigenvalue weighted by Gasteiger charge is 2.48. The molecule has 1 aromatic rings. The number of carbonyl (C=O) groups is 2. The van der Waals surface area contributed by atoms with E-state index >= 15 is 0 Å². The number of carbonyl (C=O) groups excluding carboxylic acids is 1. The zero-order valence-electron chi connectivity index (χ0n) is 16.4. The first-order chi connectivity index (χ1) is 14.3. The van der Waals surface area contributed by atoms with Crippen molar-refractivity contribution >= 4 is 19.0 Å². The molecule has 1 saturated carbocycles. The van der Waals surface area contributed by atoms with Gasteiger partial charge < -0.3 is 40.0 Å². The molecule has 5 N–H and O–H groups in total. The van der Waals surface area contributed by atoms with E-state index < -0.39 is 24.7 Å². The second-order valence-corrected chi connectivity index (χ2v) is 8.04. The van der Waals surface area contributed by atoms with E-state index in [1.54, 1.807) is 11.0 Å². The minimum absolute atomic E-state index is 0.0300. The Hall–Kier alpha value is -2.34. The molecule has 3 fully saturated rings. The van der Waals surface area contributed by atoms with E-state index in [2.05, 4.69) is 5.32 Å². The van der Waals surface area contributed by atoms with Crippen LogP contribution in [0.5, 0.6) is 11.5 Å². The van der Waals surface area contributed by atoms with Crippen LogP contribution in [0.1, 0.15) is 34.7 Å². The highest BCUT2D eigenvalue weighted by atomic mass is 16.5. The van der Waals surface area contributed by atoms with Gasteiger partial charge in [0, 0.05) is 18.9 Å². The fraction of sp³-hybridized carbons (Fsp3) is 0.579. The van der Waals surface area contributed by atoms with Crippen LogP contribution in [0, 0.1) is 0 Å². The van der Waals surface area contributed by atoms with Gasteiger partial charge in [0.15, 0.2) is 0 Å². The third kappa shape index (κ3) is 4.24. The first kappa shape index (κ1) is 20.9. The standard InChI is InChI=1S/C19H25BN2O8/c23-16(5-10-7-21-3-4-29-10)22-8-11(9-22)30-15-2-1-12(13-6-14(13)20(27)28)18(24)17(15)19(25)26/h1-2,10-11,13-14,21,24,27-28H,3-9H2,(H,25,26)/t10-,13?,14+/m0/s1. The molecule has 0 bridgehead atoms. The molecule has 162 valence electrons. The van der Waals surface area contributed by atoms with Gasteiger partial charge in [-0.3, -0.25) is 4.79 Å². The predicted molar refractivity (Wildman–Crippen MR) is 105 cm³/mol. The van der Waals surface area contributed by atoms with Crippen LogP contribution in [0.3, 0.4) is 0 Å². The molecule has 30 heavy (non-hydrogen) atoms. The van der Waals surface area contributed by atoms with Gasteiger partial charge in [0.25, 0.3) is 0 Å². The van der Waals surface area contributed by atoms with E-state index in [1.807, 2.05) is 0 Å². The number of hydrogen-bond acceptors (Lipinski definition) is 8. The lowest BCUT2D eigenvalue weighted by Crippen LogP contribution is -2.57. The van der Waals surface area contributed by atoms with Gasteiger partial charge in [-0.2, -0.15) is 0 Å². The number of carboxylic acid groups (broad SMARTS) is 1. The average molecular weight is 420 g/mol. The van der Waals surface area contributed by atoms with Gasteiger partial charge in [-0.1, -0.05) is 6.07 Å². The summed E-state index contributed by atoms with van der Waals surface area (Å²) in [6.07, 6.45) is 0.243. The molecule has 3 aliphatic rings. The Labute approximate surface area is 173 Å². The summed E-state index contributed by atoms with van der Waals surface area (Å²) in [5.41, 5.74) is 0.0152. The van der Waals surface area contributed by atoms with E-state index in [9.17, 15) is 29.9 Å². The van der Waals surface area contributed by atoms with Gasteiger partial charge in [0.05, 0.1) is 32.2 Å². The maximum Gasteiger partial charge on any atom is 0.455 e. The molecule has 11 heteroatoms. The Kier molecular flexibility index (Phi) is 5.87. The third-order valence-electron chi connectivity index (χ3n) is 5.91. The number of aromatic hydroxyl groups is 1. The maximum atomic E-state index is 12.3. The molecule has 10 nitrogen and oxygen atoms in total. The summed E-state index contributed by atoms with van der Waals surface area (Å²) in [7, 11) is -1.51. The van der Waals surface area contributed by atoms with Crippen LogP contribution < -0.4 is 10.1 Å². The van der Waals surface area contributed by atoms with Crippen molar-refractivity contribution in [3.63, 3.8) is 0 Å². The molecule has 1 amide bonds. The summed E-state index contributed by atoms with van der Waals surface area (Å²) in [5, 5.41) is 41.7. The highest BCUT2D eigenvalue weighted by molar-refractivity contribution is 6.44. The van der Waals surface area contributed by atoms with E-state index in [1.165, 1.54) is 6.07 Å². The molecule has 0 radical (unpaired) electrons. The number of carboxylic acids is 1. The quantitative estimate of drug-likeness (QED) is 0.364. The number of ether oxygens (including phenoxy) is 2. The zero-order chi connectivity index (χ0) is 21.4. The van der Waals surface area contributed by atoms with Crippen molar-refractivity contribution in [3.8, 4) is 11.5 Å². The van der Waals surface area contributed by atoms with Crippen LogP contribution in [-0.2, 0) is 9.53 Å². The number of amides is 1. The van der Waals surface area contributed by atoms with Crippen LogP contribution in [0.2, 0.25) is 5.82 Å². The molecule has 0 aromatic heterocycles. The number of aromatic carboxylic acids is 1. The first-order valence-electron chi connectivity index (χ1n) is 10.1. The monoisotopic (exact) mass is 420 g/mol. The van der Waals surface area contributed by atoms with Crippen LogP contribution in [0.25, 0.3) is 0 Å². The van der Waals surface area contributed by atoms with E-state index in [0.29, 0.717) is 38.2 Å². The summed E-state index contributed by atoms with van der Waals surface area (Å²) in [6, 6.07) is 3.03. The Morgan fingerprint density at radius 2 is 2.07 bits per heavy atom. The Balaban J connectivity index is 1.36. The Morgan fingerprint density at radius 1 is 1.30 bits per heavy atom. The van der Waals surface area contributed by atoms with Gasteiger partial charge in [-0.05, 0) is 24.0 Å². The number of benzene rings is 1. The first-order valence-corrected chi connectivity index (χ1v) is 10.1. The predicted octanol–water partition coefficient (Wildman–Crippen LogP) is -0.611. The minimum atomic E-state index is -1.51. The lowest BCUT2D eigenvalue weighted by atomic mass is 9.81. The topological polar surface area (TPSA) is 149 Å². The van der Waals surface area contributed by atoms with Gasteiger partial charge in [0.2, 0.25) is 5.91 Å². The normalized spacial score (nSPS) is 26.1. The van der Waals surface area contributed by atoms with Crippen molar-refractivity contribution in [1.82, 2.24) is 10.2 Å². The largest absolute Gasteiger partial charge is 0.507 e. The van der Waals surface area contributed by atoms with E-state index in [4.69, 9.17) is 9.47 Å². The smallest absolute Gasteiger partial charge is 0.455 e. The summed E-state index contributed by atoms with van der Waals surface area (Å²) in [6.45, 7) is 2.68. The number of hydrogen-bond donors (Lipinski definition) is 5. The van der Waals surface area contributed by atoms with Crippen LogP contribution in [-0.4, -0.2) is 89.1 Å². The van der Waals surface area contributed by atoms with E-state index in [-0.39, 0.29) is 41.8 Å². The van der Waals surface area contributed by atoms with Crippen LogP contribution in [0.15, 0.2) is 12.1 Å². The van der Waals surface area contributed by atoms with Crippen molar-refractivity contribution in [3.05, 3.63) is 23.3 Å². The lowest BCUT2D eigenvalue weighted by molar-refractivity contribution is -0.143. The molecule has 2 heterocycles. The number of likely N-dealkylation sites (tertiary alicyclic amines) is 1. The highest BCUT2D eigenvalue weighted by Crippen LogP contribution is 2.56. The van der Waals surface area contributed by atoms with Gasteiger partial charge in [-0.25, -0.2) is 4.79 Å². The van der Waals surface area contributed by atoms with Gasteiger partial charge >= 0.3 is 13.1 Å². The SMILES string of the molecule is O=C(O)c1c(OC2CN(C(=O)C[C@H]3CNCCO3)C2)ccc(C2C[C@H]2B(O)O)c1O. The molecule has 1 aliphatic carbocycles. The number of morpholine rings is 1. The van der Waals surface area contributed by atoms with Crippen molar-refractivity contribution in [2.24, 2.45) is 0 Å². The molecular weight excluding hydrogens is 395 g/mol. The van der Waals surface area contributed by atoms with Gasteiger partial charge in [-0.15, -0.1) is 0 Å². The summed E-state index contributed by atoms with van der Waals surface area (Å²) >= 11 is 0. The maximum absolute atomic E-state index is 12.3. The summed E-state index contributed by atoms with van der Waals surface area (Å²) in [4.78, 5) is 25.7. The molecule has 1 unspecified atom stereocenters. The molecule has 2 saturated heterocycles. The number of nitrogens with zero attached hydrogens (tertiary/aromatic N) is 1. The fourth-order valence-electron chi connectivity index (χ4n) is 4.07. The van der Waals surface area contributed by atoms with E-state index in [0.717, 1.165) is 6.54 Å². The number of phenols is 1. The molecular formula is C19H25BN2O8. The van der Waals surface area contributed by atoms with Crippen LogP contribution >= 0.6 is 0 Å². The Bertz CT molecular complexity index is 823. The summed E-state index contributed by atoms with van der Waals surface area (Å²) < 4.78 is 11.3. The fourth-order valence-corrected chi connectivity index (χ4v) is 4.07. The van der Waals surface area contributed by atoms with Crippen molar-refractivity contribution < 1.29 is 39.3 Å². The molecule has 4 rings (SSSR count). The number of rotatable bonds is 7. The average Bonchev–Trinajstić information content (AvgIpc) is 3.45. The zero-order valence-corrected chi connectivity index (χ0v) is 16.4. The summed E-state index contributed by atoms with van der Waals surface area (Å²) in [5.74, 6) is -2.48. The second-order valence-electron chi connectivity index (χ2n) is 8.04. The van der Waals surface area contributed by atoms with Crippen LogP contribution in [0.4, 0.5) is 0 Å². The number of nitrogens with one attached hydrogen (secondary N) is 1. The van der Waals surface area contributed by atoms with Crippen molar-refractivity contribution in [1.29, 1.82) is 0 Å². The molecule has 2 aliphatic heterocycles. The molecule has 0 spiro atoms.